The maximum atomic E-state index is 13.5. The molecule has 6 nitrogen and oxygen atoms in total. The van der Waals surface area contributed by atoms with Crippen LogP contribution in [0.25, 0.3) is 11.1 Å². The van der Waals surface area contributed by atoms with Crippen molar-refractivity contribution in [1.82, 2.24) is 24.6 Å². The van der Waals surface area contributed by atoms with Crippen LogP contribution in [-0.4, -0.2) is 31.8 Å². The third kappa shape index (κ3) is 3.20. The van der Waals surface area contributed by atoms with E-state index in [0.717, 1.165) is 10.2 Å². The molecule has 1 N–H and O–H groups in total. The number of carbonyl (C=O) groups is 1. The summed E-state index contributed by atoms with van der Waals surface area (Å²) in [7, 11) is 1.45. The van der Waals surface area contributed by atoms with E-state index in [1.54, 1.807) is 35.4 Å². The SMILES string of the molecule is Cn1cc(-c2cc(Cn3ccnc3)cc3c2CCNC3=O)c(C(F)(F)F)n1. The zero-order chi connectivity index (χ0) is 19.2. The zero-order valence-electron chi connectivity index (χ0n) is 14.4. The molecule has 0 radical (unpaired) electrons. The average Bonchev–Trinajstić information content (AvgIpc) is 3.24. The molecule has 3 heterocycles. The third-order valence-corrected chi connectivity index (χ3v) is 4.53. The van der Waals surface area contributed by atoms with Crippen LogP contribution in [0.3, 0.4) is 0 Å². The van der Waals surface area contributed by atoms with Crippen molar-refractivity contribution in [2.75, 3.05) is 6.54 Å². The lowest BCUT2D eigenvalue weighted by Gasteiger charge is -2.22. The van der Waals surface area contributed by atoms with E-state index in [0.29, 0.717) is 36.2 Å². The Morgan fingerprint density at radius 1 is 1.22 bits per heavy atom. The monoisotopic (exact) mass is 375 g/mol. The van der Waals surface area contributed by atoms with Gasteiger partial charge in [0.2, 0.25) is 0 Å². The van der Waals surface area contributed by atoms with E-state index in [9.17, 15) is 18.0 Å². The highest BCUT2D eigenvalue weighted by atomic mass is 19.4. The molecule has 140 valence electrons. The Bertz CT molecular complexity index is 1000. The predicted octanol–water partition coefficient (Wildman–Crippen LogP) is 2.64. The van der Waals surface area contributed by atoms with Gasteiger partial charge in [0.15, 0.2) is 5.69 Å². The van der Waals surface area contributed by atoms with Gasteiger partial charge in [0.05, 0.1) is 6.33 Å². The number of aryl methyl sites for hydroxylation is 1. The van der Waals surface area contributed by atoms with Gasteiger partial charge in [-0.05, 0) is 35.2 Å². The van der Waals surface area contributed by atoms with Crippen molar-refractivity contribution in [3.63, 3.8) is 0 Å². The van der Waals surface area contributed by atoms with Crippen molar-refractivity contribution < 1.29 is 18.0 Å². The molecule has 1 aliphatic rings. The Hall–Kier alpha value is -3.10. The third-order valence-electron chi connectivity index (χ3n) is 4.53. The van der Waals surface area contributed by atoms with Crippen molar-refractivity contribution >= 4 is 5.91 Å². The minimum absolute atomic E-state index is 0.0107. The summed E-state index contributed by atoms with van der Waals surface area (Å²) >= 11 is 0. The molecule has 0 saturated carbocycles. The maximum Gasteiger partial charge on any atom is 0.435 e. The molecule has 2 aromatic heterocycles. The standard InChI is InChI=1S/C18H16F3N5O/c1-25-9-15(16(24-25)18(19,20)21)13-6-11(8-26-5-4-22-10-26)7-14-12(13)2-3-23-17(14)27/h4-7,9-10H,2-3,8H2,1H3,(H,23,27). The Balaban J connectivity index is 1.92. The number of benzene rings is 1. The molecule has 0 unspecified atom stereocenters. The highest BCUT2D eigenvalue weighted by Crippen LogP contribution is 2.39. The number of rotatable bonds is 3. The number of alkyl halides is 3. The largest absolute Gasteiger partial charge is 0.435 e. The summed E-state index contributed by atoms with van der Waals surface area (Å²) in [5, 5.41) is 6.36. The topological polar surface area (TPSA) is 64.7 Å². The van der Waals surface area contributed by atoms with Crippen LogP contribution in [0.15, 0.2) is 37.1 Å². The van der Waals surface area contributed by atoms with Crippen LogP contribution < -0.4 is 5.32 Å². The van der Waals surface area contributed by atoms with Crippen LogP contribution in [-0.2, 0) is 26.2 Å². The molecule has 1 aromatic carbocycles. The van der Waals surface area contributed by atoms with Gasteiger partial charge in [0.25, 0.3) is 5.91 Å². The van der Waals surface area contributed by atoms with Gasteiger partial charge in [-0.15, -0.1) is 0 Å². The minimum atomic E-state index is -4.58. The first kappa shape index (κ1) is 17.3. The highest BCUT2D eigenvalue weighted by Gasteiger charge is 2.38. The van der Waals surface area contributed by atoms with E-state index in [4.69, 9.17) is 0 Å². The molecule has 0 saturated heterocycles. The second-order valence-electron chi connectivity index (χ2n) is 6.47. The predicted molar refractivity (Wildman–Crippen MR) is 91.0 cm³/mol. The Labute approximate surface area is 152 Å². The first-order valence-electron chi connectivity index (χ1n) is 8.34. The molecule has 9 heteroatoms. The number of hydrogen-bond acceptors (Lipinski definition) is 3. The lowest BCUT2D eigenvalue weighted by atomic mass is 9.89. The molecular formula is C18H16F3N5O. The second kappa shape index (κ2) is 6.26. The van der Waals surface area contributed by atoms with Crippen LogP contribution in [0.1, 0.15) is 27.2 Å². The Morgan fingerprint density at radius 3 is 2.70 bits per heavy atom. The van der Waals surface area contributed by atoms with Crippen molar-refractivity contribution in [3.05, 3.63) is 59.4 Å². The number of aromatic nitrogens is 4. The van der Waals surface area contributed by atoms with Crippen molar-refractivity contribution in [3.8, 4) is 11.1 Å². The first-order chi connectivity index (χ1) is 12.8. The van der Waals surface area contributed by atoms with Crippen molar-refractivity contribution in [2.45, 2.75) is 19.1 Å². The summed E-state index contributed by atoms with van der Waals surface area (Å²) in [4.78, 5) is 16.3. The summed E-state index contributed by atoms with van der Waals surface area (Å²) < 4.78 is 43.4. The molecule has 0 aliphatic carbocycles. The molecule has 4 rings (SSSR count). The summed E-state index contributed by atoms with van der Waals surface area (Å²) in [5.41, 5.74) is 1.19. The molecule has 3 aromatic rings. The molecule has 0 bridgehead atoms. The Morgan fingerprint density at radius 2 is 2.00 bits per heavy atom. The fourth-order valence-corrected chi connectivity index (χ4v) is 3.42. The Kier molecular flexibility index (Phi) is 4.01. The van der Waals surface area contributed by atoms with Crippen LogP contribution >= 0.6 is 0 Å². The van der Waals surface area contributed by atoms with E-state index in [2.05, 4.69) is 15.4 Å². The average molecular weight is 375 g/mol. The number of hydrogen-bond donors (Lipinski definition) is 1. The van der Waals surface area contributed by atoms with Crippen LogP contribution in [0.2, 0.25) is 0 Å². The minimum Gasteiger partial charge on any atom is -0.352 e. The highest BCUT2D eigenvalue weighted by molar-refractivity contribution is 5.99. The van der Waals surface area contributed by atoms with Gasteiger partial charge in [0, 0.05) is 49.9 Å². The number of fused-ring (bicyclic) bond motifs is 1. The van der Waals surface area contributed by atoms with Gasteiger partial charge in [-0.25, -0.2) is 4.98 Å². The quantitative estimate of drug-likeness (QED) is 0.766. The number of carbonyl (C=O) groups excluding carboxylic acids is 1. The first-order valence-corrected chi connectivity index (χ1v) is 8.34. The van der Waals surface area contributed by atoms with E-state index in [1.165, 1.54) is 13.2 Å². The number of amides is 1. The van der Waals surface area contributed by atoms with Gasteiger partial charge in [-0.2, -0.15) is 18.3 Å². The molecule has 0 fully saturated rings. The summed E-state index contributed by atoms with van der Waals surface area (Å²) in [5.74, 6) is -0.276. The van der Waals surface area contributed by atoms with Crippen LogP contribution in [0, 0.1) is 0 Å². The molecule has 0 spiro atoms. The smallest absolute Gasteiger partial charge is 0.352 e. The maximum absolute atomic E-state index is 13.5. The summed E-state index contributed by atoms with van der Waals surface area (Å²) in [6.45, 7) is 0.788. The molecular weight excluding hydrogens is 359 g/mol. The second-order valence-corrected chi connectivity index (χ2v) is 6.47. The number of nitrogens with one attached hydrogen (secondary N) is 1. The van der Waals surface area contributed by atoms with Gasteiger partial charge in [-0.1, -0.05) is 0 Å². The van der Waals surface area contributed by atoms with Gasteiger partial charge in [-0.3, -0.25) is 9.48 Å². The van der Waals surface area contributed by atoms with E-state index >= 15 is 0 Å². The van der Waals surface area contributed by atoms with Gasteiger partial charge < -0.3 is 9.88 Å². The van der Waals surface area contributed by atoms with Crippen LogP contribution in [0.4, 0.5) is 13.2 Å². The summed E-state index contributed by atoms with van der Waals surface area (Å²) in [6, 6.07) is 3.45. The molecule has 0 atom stereocenters. The number of halogens is 3. The van der Waals surface area contributed by atoms with E-state index in [-0.39, 0.29) is 11.5 Å². The zero-order valence-corrected chi connectivity index (χ0v) is 14.4. The normalized spacial score (nSPS) is 14.1. The molecule has 27 heavy (non-hydrogen) atoms. The molecule has 1 aliphatic heterocycles. The van der Waals surface area contributed by atoms with Gasteiger partial charge in [0.1, 0.15) is 0 Å². The van der Waals surface area contributed by atoms with E-state index in [1.807, 2.05) is 0 Å². The summed E-state index contributed by atoms with van der Waals surface area (Å²) in [6.07, 6.45) is 2.23. The van der Waals surface area contributed by atoms with Gasteiger partial charge >= 0.3 is 6.18 Å². The fraction of sp³-hybridized carbons (Fsp3) is 0.278. The number of imidazole rings is 1. The van der Waals surface area contributed by atoms with Crippen molar-refractivity contribution in [2.24, 2.45) is 7.05 Å². The van der Waals surface area contributed by atoms with Crippen LogP contribution in [0.5, 0.6) is 0 Å². The molecule has 1 amide bonds. The lowest BCUT2D eigenvalue weighted by Crippen LogP contribution is -2.32. The number of nitrogens with zero attached hydrogens (tertiary/aromatic N) is 4. The van der Waals surface area contributed by atoms with Crippen molar-refractivity contribution in [1.29, 1.82) is 0 Å². The van der Waals surface area contributed by atoms with E-state index < -0.39 is 11.9 Å². The fourth-order valence-electron chi connectivity index (χ4n) is 3.42. The lowest BCUT2D eigenvalue weighted by molar-refractivity contribution is -0.140.